The van der Waals surface area contributed by atoms with E-state index in [9.17, 15) is 14.4 Å². The van der Waals surface area contributed by atoms with Gasteiger partial charge in [-0.3, -0.25) is 14.4 Å². The van der Waals surface area contributed by atoms with E-state index >= 15 is 4.57 Å². The van der Waals surface area contributed by atoms with Crippen LogP contribution in [-0.2, 0) is 18.9 Å². The molecule has 0 bridgehead atoms. The summed E-state index contributed by atoms with van der Waals surface area (Å²) in [6.07, 6.45) is 3.10. The molecule has 2 aromatic rings. The summed E-state index contributed by atoms with van der Waals surface area (Å²) in [5.41, 5.74) is 11.9. The predicted molar refractivity (Wildman–Crippen MR) is 141 cm³/mol. The highest BCUT2D eigenvalue weighted by Gasteiger charge is 2.46. The molecule has 4 rings (SSSR count). The number of anilines is 2. The van der Waals surface area contributed by atoms with Crippen molar-refractivity contribution < 1.29 is 18.9 Å². The second kappa shape index (κ2) is 11.3. The fraction of sp³-hybridized carbons (Fsp3) is 0.400. The molecule has 2 fully saturated rings. The van der Waals surface area contributed by atoms with Crippen LogP contribution in [0.25, 0.3) is 0 Å². The molecule has 11 heteroatoms. The Hall–Kier alpha value is -3.04. The van der Waals surface area contributed by atoms with Crippen LogP contribution in [0.3, 0.4) is 0 Å². The van der Waals surface area contributed by atoms with Gasteiger partial charge in [-0.1, -0.05) is 0 Å². The highest BCUT2D eigenvalue weighted by Crippen LogP contribution is 2.54. The van der Waals surface area contributed by atoms with Crippen LogP contribution in [0.1, 0.15) is 25.7 Å². The van der Waals surface area contributed by atoms with Gasteiger partial charge >= 0.3 is 0 Å². The second-order valence-corrected chi connectivity index (χ2v) is 12.0. The summed E-state index contributed by atoms with van der Waals surface area (Å²) in [5, 5.41) is 9.85. The summed E-state index contributed by atoms with van der Waals surface area (Å²) in [6.45, 7) is 1.09. The quantitative estimate of drug-likeness (QED) is 0.322. The number of benzene rings is 2. The van der Waals surface area contributed by atoms with Gasteiger partial charge in [0.15, 0.2) is 7.14 Å². The second-order valence-electron chi connectivity index (χ2n) is 9.06. The van der Waals surface area contributed by atoms with Gasteiger partial charge in [-0.25, -0.2) is 0 Å². The van der Waals surface area contributed by atoms with Gasteiger partial charge < -0.3 is 36.9 Å². The molecule has 10 nitrogen and oxygen atoms in total. The first-order chi connectivity index (χ1) is 17.4. The molecule has 7 N–H and O–H groups in total. The number of amides is 3. The van der Waals surface area contributed by atoms with Crippen molar-refractivity contribution in [2.45, 2.75) is 37.5 Å². The minimum Gasteiger partial charge on any atom is -0.331 e. The summed E-state index contributed by atoms with van der Waals surface area (Å²) >= 11 is 0. The molecule has 1 unspecified atom stereocenters. The lowest BCUT2D eigenvalue weighted by Crippen LogP contribution is -2.47. The Bertz CT molecular complexity index is 1080. The standard InChI is InChI=1S/C25H33N6O4P/c26-15-22(32)29-17-5-9-19(10-6-17)36(35,20-11-7-18(8-12-20)30-23(33)16-27)24-4-2-14-31(24)25(34)21-3-1-13-28-21/h5-12,21,24,28H,1-4,13-16,26-27H2,(H,29,32)(H,30,33)/t21-,24?/m0/s1. The van der Waals surface area contributed by atoms with Crippen LogP contribution in [0.2, 0.25) is 0 Å². The largest absolute Gasteiger partial charge is 0.331 e. The maximum Gasteiger partial charge on any atom is 0.240 e. The Labute approximate surface area is 210 Å². The SMILES string of the molecule is NCC(=O)Nc1ccc(P(=O)(c2ccc(NC(=O)CN)cc2)C2CCCN2C(=O)[C@@H]2CCCN2)cc1. The first kappa shape index (κ1) is 26.0. The average molecular weight is 513 g/mol. The van der Waals surface area contributed by atoms with E-state index in [1.54, 1.807) is 53.4 Å². The van der Waals surface area contributed by atoms with E-state index in [2.05, 4.69) is 16.0 Å². The van der Waals surface area contributed by atoms with E-state index in [0.29, 0.717) is 34.9 Å². The van der Waals surface area contributed by atoms with Crippen LogP contribution in [0.4, 0.5) is 11.4 Å². The lowest BCUT2D eigenvalue weighted by Gasteiger charge is -2.34. The number of likely N-dealkylation sites (tertiary alicyclic amines) is 1. The summed E-state index contributed by atoms with van der Waals surface area (Å²) in [4.78, 5) is 38.6. The lowest BCUT2D eigenvalue weighted by molar-refractivity contribution is -0.132. The molecule has 2 heterocycles. The van der Waals surface area contributed by atoms with Crippen molar-refractivity contribution in [1.82, 2.24) is 10.2 Å². The molecule has 0 aliphatic carbocycles. The Morgan fingerprint density at radius 1 is 0.861 bits per heavy atom. The first-order valence-corrected chi connectivity index (χ1v) is 14.0. The van der Waals surface area contributed by atoms with E-state index in [4.69, 9.17) is 11.5 Å². The molecule has 2 aliphatic rings. The van der Waals surface area contributed by atoms with Gasteiger partial charge in [-0.05, 0) is 80.8 Å². The number of nitrogens with zero attached hydrogens (tertiary/aromatic N) is 1. The fourth-order valence-corrected chi connectivity index (χ4v) is 8.27. The van der Waals surface area contributed by atoms with E-state index in [1.165, 1.54) is 0 Å². The smallest absolute Gasteiger partial charge is 0.240 e. The highest BCUT2D eigenvalue weighted by molar-refractivity contribution is 7.79. The summed E-state index contributed by atoms with van der Waals surface area (Å²) in [6, 6.07) is 13.5. The number of hydrogen-bond acceptors (Lipinski definition) is 7. The van der Waals surface area contributed by atoms with Crippen molar-refractivity contribution in [2.24, 2.45) is 11.5 Å². The zero-order valence-corrected chi connectivity index (χ0v) is 21.0. The van der Waals surface area contributed by atoms with Crippen LogP contribution < -0.4 is 38.0 Å². The highest BCUT2D eigenvalue weighted by atomic mass is 31.2. The van der Waals surface area contributed by atoms with Crippen molar-refractivity contribution in [1.29, 1.82) is 0 Å². The Kier molecular flexibility index (Phi) is 8.21. The monoisotopic (exact) mass is 512 g/mol. The predicted octanol–water partition coefficient (Wildman–Crippen LogP) is 0.495. The van der Waals surface area contributed by atoms with Crippen LogP contribution in [-0.4, -0.2) is 60.6 Å². The zero-order chi connectivity index (χ0) is 25.7. The number of hydrogen-bond donors (Lipinski definition) is 5. The molecule has 0 aromatic heterocycles. The van der Waals surface area contributed by atoms with Crippen molar-refractivity contribution >= 4 is 46.8 Å². The summed E-state index contributed by atoms with van der Waals surface area (Å²) in [5.74, 6) is -1.13. The Balaban J connectivity index is 1.72. The van der Waals surface area contributed by atoms with Gasteiger partial charge in [0.1, 0.15) is 0 Å². The third kappa shape index (κ3) is 5.37. The van der Waals surface area contributed by atoms with Gasteiger partial charge in [0, 0.05) is 28.5 Å². The summed E-state index contributed by atoms with van der Waals surface area (Å²) < 4.78 is 15.1. The number of carbonyl (C=O) groups is 3. The van der Waals surface area contributed by atoms with Gasteiger partial charge in [0.05, 0.1) is 24.9 Å². The van der Waals surface area contributed by atoms with Crippen LogP contribution in [0.15, 0.2) is 48.5 Å². The third-order valence-electron chi connectivity index (χ3n) is 6.72. The van der Waals surface area contributed by atoms with Gasteiger partial charge in [0.25, 0.3) is 0 Å². The fourth-order valence-electron chi connectivity index (χ4n) is 4.93. The maximum atomic E-state index is 15.1. The van der Waals surface area contributed by atoms with Crippen molar-refractivity contribution in [3.8, 4) is 0 Å². The molecule has 2 saturated heterocycles. The van der Waals surface area contributed by atoms with Crippen LogP contribution in [0, 0.1) is 0 Å². The van der Waals surface area contributed by atoms with E-state index in [-0.39, 0.29) is 36.9 Å². The number of rotatable bonds is 8. The molecule has 36 heavy (non-hydrogen) atoms. The lowest BCUT2D eigenvalue weighted by atomic mass is 10.2. The molecule has 3 amide bonds. The van der Waals surface area contributed by atoms with Crippen molar-refractivity contribution in [2.75, 3.05) is 36.8 Å². The summed E-state index contributed by atoms with van der Waals surface area (Å²) in [7, 11) is -3.34. The molecule has 192 valence electrons. The molecule has 0 saturated carbocycles. The van der Waals surface area contributed by atoms with E-state index in [1.807, 2.05) is 0 Å². The van der Waals surface area contributed by atoms with Gasteiger partial charge in [0.2, 0.25) is 17.7 Å². The van der Waals surface area contributed by atoms with Crippen LogP contribution in [0.5, 0.6) is 0 Å². The zero-order valence-electron chi connectivity index (χ0n) is 20.1. The maximum absolute atomic E-state index is 15.1. The van der Waals surface area contributed by atoms with E-state index in [0.717, 1.165) is 25.8 Å². The minimum absolute atomic E-state index is 0.00566. The molecule has 2 atom stereocenters. The molecule has 0 radical (unpaired) electrons. The molecular weight excluding hydrogens is 479 g/mol. The molecular formula is C25H33N6O4P. The number of nitrogens with two attached hydrogens (primary N) is 2. The Morgan fingerprint density at radius 3 is 1.83 bits per heavy atom. The van der Waals surface area contributed by atoms with Crippen molar-refractivity contribution in [3.05, 3.63) is 48.5 Å². The van der Waals surface area contributed by atoms with Gasteiger partial charge in [-0.2, -0.15) is 0 Å². The average Bonchev–Trinajstić information content (AvgIpc) is 3.62. The first-order valence-electron chi connectivity index (χ1n) is 12.2. The van der Waals surface area contributed by atoms with Crippen molar-refractivity contribution in [3.63, 3.8) is 0 Å². The number of nitrogens with one attached hydrogen (secondary N) is 3. The Morgan fingerprint density at radius 2 is 1.39 bits per heavy atom. The molecule has 2 aromatic carbocycles. The number of carbonyl (C=O) groups excluding carboxylic acids is 3. The van der Waals surface area contributed by atoms with E-state index < -0.39 is 12.9 Å². The molecule has 2 aliphatic heterocycles. The topological polar surface area (TPSA) is 160 Å². The molecule has 0 spiro atoms. The van der Waals surface area contributed by atoms with Gasteiger partial charge in [-0.15, -0.1) is 0 Å². The van der Waals surface area contributed by atoms with Crippen LogP contribution >= 0.6 is 7.14 Å². The third-order valence-corrected chi connectivity index (χ3v) is 10.2. The normalized spacial score (nSPS) is 19.8. The minimum atomic E-state index is -3.34.